The first kappa shape index (κ1) is 27.9. The van der Waals surface area contributed by atoms with Crippen molar-refractivity contribution >= 4 is 22.7 Å². The lowest BCUT2D eigenvalue weighted by Gasteiger charge is -2.48. The molecule has 0 saturated heterocycles. The second kappa shape index (κ2) is 12.0. The summed E-state index contributed by atoms with van der Waals surface area (Å²) >= 11 is 3.41. The van der Waals surface area contributed by atoms with E-state index in [1.807, 2.05) is 0 Å². The minimum atomic E-state index is -1.22. The quantitative estimate of drug-likeness (QED) is 0.269. The van der Waals surface area contributed by atoms with Crippen LogP contribution in [0.25, 0.3) is 9.75 Å². The van der Waals surface area contributed by atoms with E-state index in [1.54, 1.807) is 22.7 Å². The fourth-order valence-corrected chi connectivity index (χ4v) is 7.83. The molecule has 192 valence electrons. The van der Waals surface area contributed by atoms with Crippen LogP contribution in [0.2, 0.25) is 0 Å². The van der Waals surface area contributed by atoms with Crippen LogP contribution in [0.1, 0.15) is 117 Å². The molecule has 4 atom stereocenters. The van der Waals surface area contributed by atoms with Crippen molar-refractivity contribution in [1.82, 2.24) is 0 Å². The van der Waals surface area contributed by atoms with Gasteiger partial charge in [-0.1, -0.05) is 80.1 Å². The molecule has 2 nitrogen and oxygen atoms in total. The molecular formula is C30H48O2S2. The van der Waals surface area contributed by atoms with E-state index in [0.29, 0.717) is 24.7 Å². The van der Waals surface area contributed by atoms with Crippen molar-refractivity contribution in [3.63, 3.8) is 0 Å². The summed E-state index contributed by atoms with van der Waals surface area (Å²) in [5, 5.41) is 28.9. The molecule has 2 aromatic rings. The van der Waals surface area contributed by atoms with E-state index in [2.05, 4.69) is 64.4 Å². The van der Waals surface area contributed by atoms with Gasteiger partial charge in [-0.15, -0.1) is 22.7 Å². The van der Waals surface area contributed by atoms with Crippen LogP contribution < -0.4 is 0 Å². The molecule has 0 radical (unpaired) electrons. The van der Waals surface area contributed by atoms with Gasteiger partial charge in [0.1, 0.15) is 11.2 Å². The summed E-state index contributed by atoms with van der Waals surface area (Å²) in [6, 6.07) is 4.15. The van der Waals surface area contributed by atoms with Gasteiger partial charge >= 0.3 is 0 Å². The lowest BCUT2D eigenvalue weighted by atomic mass is 9.64. The lowest BCUT2D eigenvalue weighted by molar-refractivity contribution is -0.178. The van der Waals surface area contributed by atoms with Gasteiger partial charge in [-0.05, 0) is 72.2 Å². The van der Waals surface area contributed by atoms with Crippen molar-refractivity contribution in [3.05, 3.63) is 34.0 Å². The molecule has 4 heteroatoms. The van der Waals surface area contributed by atoms with Crippen molar-refractivity contribution in [3.8, 4) is 9.75 Å². The highest BCUT2D eigenvalue weighted by Crippen LogP contribution is 2.59. The first-order valence-corrected chi connectivity index (χ1v) is 15.5. The molecular weight excluding hydrogens is 456 g/mol. The zero-order valence-electron chi connectivity index (χ0n) is 22.4. The number of rotatable bonds is 14. The molecule has 2 aromatic heterocycles. The highest BCUT2D eigenvalue weighted by Gasteiger charge is 2.56. The monoisotopic (exact) mass is 504 g/mol. The highest BCUT2D eigenvalue weighted by atomic mass is 32.1. The van der Waals surface area contributed by atoms with Gasteiger partial charge in [0.2, 0.25) is 0 Å². The standard InChI is InChI=1S/C30H48O2S2/c1-21(2)9-7-11-23(5)13-17-29(31)25-15-19-33-27(25)28-26(16-20-34-28)30(29,32)18-14-24(6)12-8-10-22(3)4/h15-16,19-24,31-32H,7-14,17-18H2,1-6H3. The maximum atomic E-state index is 12.4. The second-order valence-corrected chi connectivity index (χ2v) is 13.8. The first-order valence-electron chi connectivity index (χ1n) is 13.7. The maximum absolute atomic E-state index is 12.4. The van der Waals surface area contributed by atoms with E-state index in [-0.39, 0.29) is 0 Å². The SMILES string of the molecule is CC(C)CCCC(C)CCC1(O)c2ccsc2-c2sccc2C1(O)CCC(C)CCCC(C)C. The summed E-state index contributed by atoms with van der Waals surface area (Å²) < 4.78 is 0. The number of fused-ring (bicyclic) bond motifs is 3. The lowest BCUT2D eigenvalue weighted by Crippen LogP contribution is -2.51. The number of hydrogen-bond acceptors (Lipinski definition) is 4. The Morgan fingerprint density at radius 3 is 1.35 bits per heavy atom. The summed E-state index contributed by atoms with van der Waals surface area (Å²) in [6.07, 6.45) is 10.5. The van der Waals surface area contributed by atoms with E-state index in [1.165, 1.54) is 38.5 Å². The number of thiophene rings is 2. The molecule has 2 heterocycles. The molecule has 0 fully saturated rings. The molecule has 1 aliphatic carbocycles. The molecule has 0 aliphatic heterocycles. The Morgan fingerprint density at radius 1 is 0.618 bits per heavy atom. The third-order valence-corrected chi connectivity index (χ3v) is 10.1. The Hall–Kier alpha value is -0.680. The number of hydrogen-bond donors (Lipinski definition) is 2. The third kappa shape index (κ3) is 6.17. The summed E-state index contributed by atoms with van der Waals surface area (Å²) in [4.78, 5) is 2.32. The van der Waals surface area contributed by atoms with Crippen LogP contribution in [0, 0.1) is 23.7 Å². The Kier molecular flexibility index (Phi) is 9.88. The third-order valence-electron chi connectivity index (χ3n) is 8.07. The van der Waals surface area contributed by atoms with Gasteiger partial charge in [0.25, 0.3) is 0 Å². The van der Waals surface area contributed by atoms with Gasteiger partial charge < -0.3 is 10.2 Å². The van der Waals surface area contributed by atoms with E-state index in [0.717, 1.165) is 45.6 Å². The summed E-state index contributed by atoms with van der Waals surface area (Å²) in [5.74, 6) is 2.58. The van der Waals surface area contributed by atoms with Crippen molar-refractivity contribution in [1.29, 1.82) is 0 Å². The van der Waals surface area contributed by atoms with E-state index in [9.17, 15) is 10.2 Å². The predicted octanol–water partition coefficient (Wildman–Crippen LogP) is 9.35. The van der Waals surface area contributed by atoms with Gasteiger partial charge in [-0.3, -0.25) is 0 Å². The van der Waals surface area contributed by atoms with Crippen molar-refractivity contribution < 1.29 is 10.2 Å². The van der Waals surface area contributed by atoms with Crippen molar-refractivity contribution in [2.75, 3.05) is 0 Å². The molecule has 34 heavy (non-hydrogen) atoms. The zero-order chi connectivity index (χ0) is 24.9. The fourth-order valence-electron chi connectivity index (χ4n) is 5.70. The molecule has 1 aliphatic rings. The van der Waals surface area contributed by atoms with E-state index < -0.39 is 11.2 Å². The number of aliphatic hydroxyl groups is 2. The van der Waals surface area contributed by atoms with Gasteiger partial charge in [0, 0.05) is 11.1 Å². The van der Waals surface area contributed by atoms with Crippen LogP contribution in [0.15, 0.2) is 22.9 Å². The van der Waals surface area contributed by atoms with Crippen LogP contribution >= 0.6 is 22.7 Å². The van der Waals surface area contributed by atoms with Gasteiger partial charge in [0.05, 0.1) is 9.75 Å². The molecule has 3 rings (SSSR count). The predicted molar refractivity (Wildman–Crippen MR) is 150 cm³/mol. The maximum Gasteiger partial charge on any atom is 0.124 e. The molecule has 0 amide bonds. The van der Waals surface area contributed by atoms with Crippen LogP contribution in [0.5, 0.6) is 0 Å². The normalized spacial score (nSPS) is 23.8. The average Bonchev–Trinajstić information content (AvgIpc) is 3.44. The van der Waals surface area contributed by atoms with Crippen LogP contribution in [-0.2, 0) is 11.2 Å². The first-order chi connectivity index (χ1) is 16.1. The second-order valence-electron chi connectivity index (χ2n) is 12.0. The average molecular weight is 505 g/mol. The molecule has 2 N–H and O–H groups in total. The smallest absolute Gasteiger partial charge is 0.124 e. The van der Waals surface area contributed by atoms with Crippen LogP contribution in [0.4, 0.5) is 0 Å². The van der Waals surface area contributed by atoms with Crippen LogP contribution in [-0.4, -0.2) is 10.2 Å². The highest BCUT2D eigenvalue weighted by molar-refractivity contribution is 7.20. The van der Waals surface area contributed by atoms with Gasteiger partial charge in [0.15, 0.2) is 0 Å². The van der Waals surface area contributed by atoms with E-state index in [4.69, 9.17) is 0 Å². The van der Waals surface area contributed by atoms with Gasteiger partial charge in [-0.25, -0.2) is 0 Å². The zero-order valence-corrected chi connectivity index (χ0v) is 24.0. The molecule has 0 aromatic carbocycles. The minimum absolute atomic E-state index is 0.549. The van der Waals surface area contributed by atoms with Crippen molar-refractivity contribution in [2.24, 2.45) is 23.7 Å². The van der Waals surface area contributed by atoms with Crippen LogP contribution in [0.3, 0.4) is 0 Å². The summed E-state index contributed by atoms with van der Waals surface area (Å²) in [7, 11) is 0. The topological polar surface area (TPSA) is 40.5 Å². The summed E-state index contributed by atoms with van der Waals surface area (Å²) in [5.41, 5.74) is -0.533. The molecule has 0 saturated carbocycles. The van der Waals surface area contributed by atoms with Gasteiger partial charge in [-0.2, -0.15) is 0 Å². The minimum Gasteiger partial charge on any atom is -0.382 e. The Labute approximate surface area is 216 Å². The fraction of sp³-hybridized carbons (Fsp3) is 0.733. The van der Waals surface area contributed by atoms with Crippen molar-refractivity contribution in [2.45, 2.75) is 117 Å². The molecule has 0 spiro atoms. The Balaban J connectivity index is 1.79. The summed E-state index contributed by atoms with van der Waals surface area (Å²) in [6.45, 7) is 13.8. The molecule has 4 unspecified atom stereocenters. The largest absolute Gasteiger partial charge is 0.382 e. The Bertz CT molecular complexity index is 810. The molecule has 0 bridgehead atoms. The Morgan fingerprint density at radius 2 is 1.00 bits per heavy atom. The van der Waals surface area contributed by atoms with E-state index >= 15 is 0 Å².